The van der Waals surface area contributed by atoms with Gasteiger partial charge in [-0.1, -0.05) is 0 Å². The number of aromatic nitrogens is 1. The number of piperazine rings is 1. The highest BCUT2D eigenvalue weighted by Gasteiger charge is 2.30. The molecular weight excluding hydrogens is 306 g/mol. The van der Waals surface area contributed by atoms with Crippen molar-refractivity contribution in [2.75, 3.05) is 32.7 Å². The van der Waals surface area contributed by atoms with Crippen molar-refractivity contribution in [2.24, 2.45) is 12.8 Å². The number of carbonyl (C=O) groups excluding carboxylic acids is 1. The molecule has 0 aliphatic carbocycles. The molecule has 2 rings (SSSR count). The molecule has 1 saturated heterocycles. The number of amides is 1. The number of hydrogen-bond donors (Lipinski definition) is 1. The second-order valence-corrected chi connectivity index (χ2v) is 7.13. The van der Waals surface area contributed by atoms with Gasteiger partial charge in [-0.25, -0.2) is 8.42 Å². The maximum absolute atomic E-state index is 12.6. The third kappa shape index (κ3) is 3.30. The molecular formula is C13H19N5O3S. The molecule has 1 aliphatic rings. The van der Waals surface area contributed by atoms with E-state index in [0.29, 0.717) is 39.1 Å². The number of rotatable bonds is 5. The second kappa shape index (κ2) is 6.48. The van der Waals surface area contributed by atoms with E-state index in [1.807, 2.05) is 0 Å². The number of carbonyl (C=O) groups is 1. The molecule has 0 atom stereocenters. The summed E-state index contributed by atoms with van der Waals surface area (Å²) < 4.78 is 28.0. The van der Waals surface area contributed by atoms with E-state index in [9.17, 15) is 13.2 Å². The largest absolute Gasteiger partial charge is 0.364 e. The van der Waals surface area contributed by atoms with E-state index in [1.54, 1.807) is 7.05 Å². The lowest BCUT2D eigenvalue weighted by Gasteiger charge is -2.33. The first-order valence-electron chi connectivity index (χ1n) is 6.92. The van der Waals surface area contributed by atoms with E-state index < -0.39 is 15.9 Å². The molecule has 0 aromatic carbocycles. The van der Waals surface area contributed by atoms with Gasteiger partial charge in [-0.3, -0.25) is 9.69 Å². The first kappa shape index (κ1) is 16.5. The number of aryl methyl sites for hydroxylation is 1. The maximum atomic E-state index is 12.6. The quantitative estimate of drug-likeness (QED) is 0.772. The number of sulfonamides is 1. The van der Waals surface area contributed by atoms with Gasteiger partial charge in [0.2, 0.25) is 10.0 Å². The Morgan fingerprint density at radius 2 is 2.00 bits per heavy atom. The van der Waals surface area contributed by atoms with Crippen LogP contribution in [0.1, 0.15) is 16.9 Å². The van der Waals surface area contributed by atoms with Crippen molar-refractivity contribution in [3.63, 3.8) is 0 Å². The van der Waals surface area contributed by atoms with Gasteiger partial charge in [0.05, 0.1) is 6.07 Å². The molecule has 8 nitrogen and oxygen atoms in total. The van der Waals surface area contributed by atoms with Crippen molar-refractivity contribution < 1.29 is 13.2 Å². The summed E-state index contributed by atoms with van der Waals surface area (Å²) in [6.07, 6.45) is 1.84. The summed E-state index contributed by atoms with van der Waals surface area (Å²) in [7, 11) is -2.05. The van der Waals surface area contributed by atoms with Crippen LogP contribution in [0.15, 0.2) is 17.2 Å². The molecule has 22 heavy (non-hydrogen) atoms. The van der Waals surface area contributed by atoms with Crippen LogP contribution in [0.25, 0.3) is 0 Å². The number of nitrogens with zero attached hydrogens (tertiary/aromatic N) is 4. The Kier molecular flexibility index (Phi) is 4.85. The summed E-state index contributed by atoms with van der Waals surface area (Å²) in [4.78, 5) is 13.4. The molecule has 0 spiro atoms. The minimum absolute atomic E-state index is 0.0780. The predicted molar refractivity (Wildman–Crippen MR) is 79.4 cm³/mol. The molecule has 1 fully saturated rings. The minimum atomic E-state index is -3.63. The predicted octanol–water partition coefficient (Wildman–Crippen LogP) is -0.656. The summed E-state index contributed by atoms with van der Waals surface area (Å²) in [6, 6.07) is 3.39. The van der Waals surface area contributed by atoms with Crippen molar-refractivity contribution in [1.82, 2.24) is 13.8 Å². The molecule has 0 radical (unpaired) electrons. The number of nitrogens with two attached hydrogens (primary N) is 1. The molecule has 0 saturated carbocycles. The van der Waals surface area contributed by atoms with Crippen LogP contribution in [0, 0.1) is 11.3 Å². The lowest BCUT2D eigenvalue weighted by molar-refractivity contribution is 0.0992. The average Bonchev–Trinajstić information content (AvgIpc) is 2.88. The second-order valence-electron chi connectivity index (χ2n) is 5.19. The van der Waals surface area contributed by atoms with E-state index >= 15 is 0 Å². The fourth-order valence-electron chi connectivity index (χ4n) is 2.47. The molecule has 2 heterocycles. The zero-order valence-corrected chi connectivity index (χ0v) is 13.2. The summed E-state index contributed by atoms with van der Waals surface area (Å²) in [5.41, 5.74) is 5.37. The Morgan fingerprint density at radius 1 is 1.36 bits per heavy atom. The molecule has 1 aromatic heterocycles. The third-order valence-electron chi connectivity index (χ3n) is 3.74. The molecule has 0 bridgehead atoms. The highest BCUT2D eigenvalue weighted by molar-refractivity contribution is 7.89. The van der Waals surface area contributed by atoms with Gasteiger partial charge in [0, 0.05) is 52.4 Å². The average molecular weight is 325 g/mol. The third-order valence-corrected chi connectivity index (χ3v) is 5.61. The molecule has 1 amide bonds. The van der Waals surface area contributed by atoms with Crippen LogP contribution in [0.2, 0.25) is 0 Å². The molecule has 120 valence electrons. The minimum Gasteiger partial charge on any atom is -0.364 e. The Balaban J connectivity index is 2.11. The summed E-state index contributed by atoms with van der Waals surface area (Å²) in [5, 5.41) is 8.58. The van der Waals surface area contributed by atoms with E-state index in [4.69, 9.17) is 11.0 Å². The van der Waals surface area contributed by atoms with Gasteiger partial charge in [-0.15, -0.1) is 0 Å². The van der Waals surface area contributed by atoms with Gasteiger partial charge < -0.3 is 10.3 Å². The van der Waals surface area contributed by atoms with E-state index in [1.165, 1.54) is 21.1 Å². The van der Waals surface area contributed by atoms with Crippen LogP contribution in [0.3, 0.4) is 0 Å². The lowest BCUT2D eigenvalue weighted by atomic mass is 10.3. The fraction of sp³-hybridized carbons (Fsp3) is 0.538. The van der Waals surface area contributed by atoms with E-state index in [2.05, 4.69) is 11.0 Å². The Labute approximate surface area is 129 Å². The van der Waals surface area contributed by atoms with Crippen molar-refractivity contribution in [2.45, 2.75) is 11.3 Å². The van der Waals surface area contributed by atoms with Gasteiger partial charge in [0.25, 0.3) is 5.91 Å². The van der Waals surface area contributed by atoms with Gasteiger partial charge in [0.1, 0.15) is 10.6 Å². The molecule has 1 aliphatic heterocycles. The van der Waals surface area contributed by atoms with Crippen LogP contribution < -0.4 is 5.73 Å². The van der Waals surface area contributed by atoms with Crippen LogP contribution in [-0.2, 0) is 17.1 Å². The lowest BCUT2D eigenvalue weighted by Crippen LogP contribution is -2.48. The van der Waals surface area contributed by atoms with Gasteiger partial charge in [0.15, 0.2) is 0 Å². The van der Waals surface area contributed by atoms with Crippen molar-refractivity contribution in [1.29, 1.82) is 5.26 Å². The smallest absolute Gasteiger partial charge is 0.265 e. The van der Waals surface area contributed by atoms with Crippen molar-refractivity contribution >= 4 is 15.9 Å². The Bertz CT molecular complexity index is 696. The topological polar surface area (TPSA) is 112 Å². The molecule has 0 unspecified atom stereocenters. The normalized spacial score (nSPS) is 17.3. The van der Waals surface area contributed by atoms with Crippen molar-refractivity contribution in [3.8, 4) is 6.07 Å². The van der Waals surface area contributed by atoms with Crippen LogP contribution in [0.5, 0.6) is 0 Å². The summed E-state index contributed by atoms with van der Waals surface area (Å²) in [5.74, 6) is -0.662. The number of hydrogen-bond acceptors (Lipinski definition) is 5. The zero-order valence-electron chi connectivity index (χ0n) is 12.4. The first-order chi connectivity index (χ1) is 10.4. The summed E-state index contributed by atoms with van der Waals surface area (Å²) >= 11 is 0. The monoisotopic (exact) mass is 325 g/mol. The standard InChI is InChI=1S/C13H19N5O3S/c1-16-10-11(9-12(16)13(15)19)22(20,21)18-7-5-17(6-8-18)4-2-3-14/h9-10H,2,4-8H2,1H3,(H2,15,19). The first-order valence-corrected chi connectivity index (χ1v) is 8.36. The van der Waals surface area contributed by atoms with E-state index in [0.717, 1.165) is 0 Å². The maximum Gasteiger partial charge on any atom is 0.265 e. The van der Waals surface area contributed by atoms with Crippen molar-refractivity contribution in [3.05, 3.63) is 18.0 Å². The molecule has 9 heteroatoms. The highest BCUT2D eigenvalue weighted by Crippen LogP contribution is 2.20. The van der Waals surface area contributed by atoms with Crippen LogP contribution >= 0.6 is 0 Å². The fourth-order valence-corrected chi connectivity index (χ4v) is 3.96. The summed E-state index contributed by atoms with van der Waals surface area (Å²) in [6.45, 7) is 2.58. The SMILES string of the molecule is Cn1cc(S(=O)(=O)N2CCN(CCC#N)CC2)cc1C(N)=O. The highest BCUT2D eigenvalue weighted by atomic mass is 32.2. The number of primary amides is 1. The van der Waals surface area contributed by atoms with Crippen LogP contribution in [0.4, 0.5) is 0 Å². The Hall–Kier alpha value is -1.89. The Morgan fingerprint density at radius 3 is 2.50 bits per heavy atom. The van der Waals surface area contributed by atoms with Gasteiger partial charge in [-0.05, 0) is 6.07 Å². The van der Waals surface area contributed by atoms with Gasteiger partial charge in [-0.2, -0.15) is 9.57 Å². The van der Waals surface area contributed by atoms with E-state index in [-0.39, 0.29) is 10.6 Å². The number of nitriles is 1. The van der Waals surface area contributed by atoms with Gasteiger partial charge >= 0.3 is 0 Å². The van der Waals surface area contributed by atoms with Crippen LogP contribution in [-0.4, -0.2) is 60.8 Å². The molecule has 2 N–H and O–H groups in total. The zero-order chi connectivity index (χ0) is 16.3. The molecule has 1 aromatic rings.